The van der Waals surface area contributed by atoms with Gasteiger partial charge in [-0.3, -0.25) is 0 Å². The quantitative estimate of drug-likeness (QED) is 0.758. The van der Waals surface area contributed by atoms with Crippen LogP contribution in [0, 0.1) is 11.3 Å². The van der Waals surface area contributed by atoms with Gasteiger partial charge in [-0.1, -0.05) is 18.6 Å². The van der Waals surface area contributed by atoms with Crippen molar-refractivity contribution in [2.24, 2.45) is 0 Å². The number of rotatable bonds is 5. The minimum absolute atomic E-state index is 0.206. The van der Waals surface area contributed by atoms with Crippen molar-refractivity contribution in [1.82, 2.24) is 14.8 Å². The summed E-state index contributed by atoms with van der Waals surface area (Å²) < 4.78 is 13.5. The van der Waals surface area contributed by atoms with Gasteiger partial charge < -0.3 is 14.0 Å². The number of allylic oxidation sites excluding steroid dienone is 1. The maximum absolute atomic E-state index is 9.65. The molecule has 3 heterocycles. The normalized spacial score (nSPS) is 20.0. The number of hydrogen-bond acceptors (Lipinski definition) is 5. The van der Waals surface area contributed by atoms with E-state index in [0.29, 0.717) is 18.0 Å². The lowest BCUT2D eigenvalue weighted by Crippen LogP contribution is -2.16. The number of nitrogens with zero attached hydrogens (tertiary/aromatic N) is 4. The zero-order chi connectivity index (χ0) is 18.5. The first-order valence-electron chi connectivity index (χ1n) is 9.72. The molecule has 2 aromatic rings. The first-order chi connectivity index (χ1) is 13.3. The summed E-state index contributed by atoms with van der Waals surface area (Å²) in [7, 11) is 0. The van der Waals surface area contributed by atoms with E-state index in [1.807, 2.05) is 30.3 Å². The van der Waals surface area contributed by atoms with Crippen LogP contribution in [-0.2, 0) is 17.7 Å². The van der Waals surface area contributed by atoms with Gasteiger partial charge in [0, 0.05) is 19.6 Å². The summed E-state index contributed by atoms with van der Waals surface area (Å²) in [5, 5.41) is 18.2. The van der Waals surface area contributed by atoms with E-state index in [1.54, 1.807) is 0 Å². The minimum atomic E-state index is 0.206. The molecular formula is C21H24N4O2. The van der Waals surface area contributed by atoms with Gasteiger partial charge in [0.25, 0.3) is 0 Å². The number of benzene rings is 1. The molecule has 2 aliphatic heterocycles. The van der Waals surface area contributed by atoms with Crippen molar-refractivity contribution in [3.05, 3.63) is 41.5 Å². The maximum Gasteiger partial charge on any atom is 0.174 e. The SMILES string of the molecule is N#C/C(=C/c1ccc(OCC2CCCO2)cc1)c1nnc2n1CCCCC2. The molecule has 0 saturated carbocycles. The van der Waals surface area contributed by atoms with E-state index in [-0.39, 0.29) is 6.10 Å². The fraction of sp³-hybridized carbons (Fsp3) is 0.476. The third-order valence-corrected chi connectivity index (χ3v) is 5.12. The van der Waals surface area contributed by atoms with E-state index in [1.165, 1.54) is 6.42 Å². The fourth-order valence-electron chi connectivity index (χ4n) is 3.62. The van der Waals surface area contributed by atoms with Crippen molar-refractivity contribution in [2.45, 2.75) is 51.2 Å². The van der Waals surface area contributed by atoms with E-state index in [2.05, 4.69) is 20.8 Å². The Balaban J connectivity index is 1.48. The number of hydrogen-bond donors (Lipinski definition) is 0. The molecule has 4 rings (SSSR count). The molecule has 0 aliphatic carbocycles. The van der Waals surface area contributed by atoms with Gasteiger partial charge >= 0.3 is 0 Å². The van der Waals surface area contributed by atoms with Crippen molar-refractivity contribution in [3.63, 3.8) is 0 Å². The first kappa shape index (κ1) is 17.7. The molecule has 0 N–H and O–H groups in total. The summed E-state index contributed by atoms with van der Waals surface area (Å²) in [4.78, 5) is 0. The molecule has 1 aromatic heterocycles. The lowest BCUT2D eigenvalue weighted by Gasteiger charge is -2.11. The van der Waals surface area contributed by atoms with E-state index >= 15 is 0 Å². The minimum Gasteiger partial charge on any atom is -0.491 e. The lowest BCUT2D eigenvalue weighted by atomic mass is 10.1. The molecule has 140 valence electrons. The van der Waals surface area contributed by atoms with Crippen LogP contribution >= 0.6 is 0 Å². The average molecular weight is 364 g/mol. The number of ether oxygens (including phenoxy) is 2. The molecule has 0 amide bonds. The van der Waals surface area contributed by atoms with Crippen LogP contribution in [0.1, 0.15) is 49.3 Å². The third kappa shape index (κ3) is 4.20. The summed E-state index contributed by atoms with van der Waals surface area (Å²) >= 11 is 0. The Morgan fingerprint density at radius 2 is 2.11 bits per heavy atom. The van der Waals surface area contributed by atoms with Crippen molar-refractivity contribution >= 4 is 11.6 Å². The second-order valence-corrected chi connectivity index (χ2v) is 7.09. The molecule has 6 heteroatoms. The highest BCUT2D eigenvalue weighted by Gasteiger charge is 2.18. The summed E-state index contributed by atoms with van der Waals surface area (Å²) in [5.41, 5.74) is 1.49. The smallest absolute Gasteiger partial charge is 0.174 e. The van der Waals surface area contributed by atoms with Crippen molar-refractivity contribution in [2.75, 3.05) is 13.2 Å². The Labute approximate surface area is 159 Å². The van der Waals surface area contributed by atoms with Crippen molar-refractivity contribution in [3.8, 4) is 11.8 Å². The monoisotopic (exact) mass is 364 g/mol. The molecule has 0 spiro atoms. The number of aryl methyl sites for hydroxylation is 1. The summed E-state index contributed by atoms with van der Waals surface area (Å²) in [6.45, 7) is 2.30. The van der Waals surface area contributed by atoms with Crippen LogP contribution in [0.4, 0.5) is 0 Å². The first-order valence-corrected chi connectivity index (χ1v) is 9.72. The summed E-state index contributed by atoms with van der Waals surface area (Å²) in [5.74, 6) is 2.48. The molecule has 0 radical (unpaired) electrons. The van der Waals surface area contributed by atoms with Gasteiger partial charge in [-0.2, -0.15) is 5.26 Å². The van der Waals surface area contributed by atoms with Gasteiger partial charge in [-0.15, -0.1) is 10.2 Å². The van der Waals surface area contributed by atoms with Crippen LogP contribution in [0.3, 0.4) is 0 Å². The Kier molecular flexibility index (Phi) is 5.50. The third-order valence-electron chi connectivity index (χ3n) is 5.12. The topological polar surface area (TPSA) is 73.0 Å². The number of fused-ring (bicyclic) bond motifs is 1. The van der Waals surface area contributed by atoms with E-state index in [4.69, 9.17) is 9.47 Å². The van der Waals surface area contributed by atoms with Crippen LogP contribution in [0.25, 0.3) is 11.6 Å². The molecule has 1 saturated heterocycles. The van der Waals surface area contributed by atoms with Crippen molar-refractivity contribution in [1.29, 1.82) is 5.26 Å². The Morgan fingerprint density at radius 3 is 2.89 bits per heavy atom. The Bertz CT molecular complexity index is 842. The predicted molar refractivity (Wildman–Crippen MR) is 102 cm³/mol. The predicted octanol–water partition coefficient (Wildman–Crippen LogP) is 3.63. The molecule has 1 fully saturated rings. The van der Waals surface area contributed by atoms with Crippen molar-refractivity contribution < 1.29 is 9.47 Å². The van der Waals surface area contributed by atoms with Gasteiger partial charge in [0.1, 0.15) is 24.3 Å². The van der Waals surface area contributed by atoms with Gasteiger partial charge in [-0.05, 0) is 49.5 Å². The van der Waals surface area contributed by atoms with Crippen LogP contribution in [0.5, 0.6) is 5.75 Å². The molecule has 1 aromatic carbocycles. The number of aromatic nitrogens is 3. The molecule has 1 unspecified atom stereocenters. The van der Waals surface area contributed by atoms with Crippen LogP contribution in [-0.4, -0.2) is 34.1 Å². The van der Waals surface area contributed by atoms with Gasteiger partial charge in [-0.25, -0.2) is 0 Å². The maximum atomic E-state index is 9.65. The van der Waals surface area contributed by atoms with Crippen LogP contribution < -0.4 is 4.74 Å². The number of nitriles is 1. The average Bonchev–Trinajstić information content (AvgIpc) is 3.30. The molecule has 2 aliphatic rings. The molecule has 1 atom stereocenters. The zero-order valence-corrected chi connectivity index (χ0v) is 15.4. The Hall–Kier alpha value is -2.65. The molecular weight excluding hydrogens is 340 g/mol. The van der Waals surface area contributed by atoms with Gasteiger partial charge in [0.2, 0.25) is 0 Å². The van der Waals surface area contributed by atoms with Crippen LogP contribution in [0.2, 0.25) is 0 Å². The summed E-state index contributed by atoms with van der Waals surface area (Å²) in [6, 6.07) is 10.1. The standard InChI is InChI=1S/C21H24N4O2/c22-14-17(21-24-23-20-6-2-1-3-11-25(20)21)13-16-7-9-18(10-8-16)27-15-19-5-4-12-26-19/h7-10,13,19H,1-6,11-12,15H2/b17-13-. The fourth-order valence-corrected chi connectivity index (χ4v) is 3.62. The zero-order valence-electron chi connectivity index (χ0n) is 15.4. The largest absolute Gasteiger partial charge is 0.491 e. The second kappa shape index (κ2) is 8.36. The highest BCUT2D eigenvalue weighted by atomic mass is 16.5. The van der Waals surface area contributed by atoms with E-state index < -0.39 is 0 Å². The summed E-state index contributed by atoms with van der Waals surface area (Å²) in [6.07, 6.45) is 8.62. The molecule has 27 heavy (non-hydrogen) atoms. The van der Waals surface area contributed by atoms with Gasteiger partial charge in [0.05, 0.1) is 11.7 Å². The Morgan fingerprint density at radius 1 is 1.22 bits per heavy atom. The highest BCUT2D eigenvalue weighted by Crippen LogP contribution is 2.23. The molecule has 6 nitrogen and oxygen atoms in total. The molecule has 0 bridgehead atoms. The highest BCUT2D eigenvalue weighted by molar-refractivity contribution is 5.87. The van der Waals surface area contributed by atoms with E-state index in [0.717, 1.165) is 62.4 Å². The second-order valence-electron chi connectivity index (χ2n) is 7.09. The van der Waals surface area contributed by atoms with Gasteiger partial charge in [0.15, 0.2) is 5.82 Å². The van der Waals surface area contributed by atoms with E-state index in [9.17, 15) is 5.26 Å². The van der Waals surface area contributed by atoms with Crippen LogP contribution in [0.15, 0.2) is 24.3 Å². The lowest BCUT2D eigenvalue weighted by molar-refractivity contribution is 0.0679.